The van der Waals surface area contributed by atoms with Crippen LogP contribution in [0.1, 0.15) is 38.8 Å². The normalized spacial score (nSPS) is 12.5. The molecule has 0 radical (unpaired) electrons. The van der Waals surface area contributed by atoms with Crippen molar-refractivity contribution in [3.05, 3.63) is 30.1 Å². The summed E-state index contributed by atoms with van der Waals surface area (Å²) in [5, 5.41) is 2.96. The molecule has 0 aliphatic rings. The van der Waals surface area contributed by atoms with Crippen LogP contribution in [0.3, 0.4) is 0 Å². The van der Waals surface area contributed by atoms with Crippen LogP contribution in [0.5, 0.6) is 0 Å². The average Bonchev–Trinajstić information content (AvgIpc) is 2.17. The quantitative estimate of drug-likeness (QED) is 0.821. The summed E-state index contributed by atoms with van der Waals surface area (Å²) in [5.74, 6) is 0.504. The molecular formula is C12H18N2O. The number of hydrogen-bond donors (Lipinski definition) is 1. The molecular weight excluding hydrogens is 188 g/mol. The van der Waals surface area contributed by atoms with Gasteiger partial charge in [0.1, 0.15) is 0 Å². The monoisotopic (exact) mass is 206 g/mol. The third kappa shape index (κ3) is 4.11. The van der Waals surface area contributed by atoms with Gasteiger partial charge >= 0.3 is 0 Å². The van der Waals surface area contributed by atoms with E-state index in [1.807, 2.05) is 32.9 Å². The Bertz CT molecular complexity index is 309. The Labute approximate surface area is 90.9 Å². The second kappa shape index (κ2) is 5.49. The average molecular weight is 206 g/mol. The molecule has 0 saturated heterocycles. The molecule has 1 aromatic heterocycles. The smallest absolute Gasteiger partial charge is 0.220 e. The lowest BCUT2D eigenvalue weighted by Crippen LogP contribution is -2.27. The second-order valence-electron chi connectivity index (χ2n) is 4.17. The van der Waals surface area contributed by atoms with E-state index >= 15 is 0 Å². The highest BCUT2D eigenvalue weighted by atomic mass is 16.1. The van der Waals surface area contributed by atoms with E-state index in [9.17, 15) is 4.79 Å². The van der Waals surface area contributed by atoms with Gasteiger partial charge in [-0.2, -0.15) is 0 Å². The van der Waals surface area contributed by atoms with Crippen LogP contribution in [0.15, 0.2) is 24.5 Å². The Morgan fingerprint density at radius 1 is 1.33 bits per heavy atom. The van der Waals surface area contributed by atoms with Crippen LogP contribution < -0.4 is 5.32 Å². The van der Waals surface area contributed by atoms with Gasteiger partial charge in [-0.05, 0) is 30.5 Å². The molecule has 1 atom stereocenters. The van der Waals surface area contributed by atoms with E-state index < -0.39 is 0 Å². The predicted octanol–water partition coefficient (Wildman–Crippen LogP) is 2.30. The van der Waals surface area contributed by atoms with Crippen LogP contribution in [-0.4, -0.2) is 10.9 Å². The molecule has 15 heavy (non-hydrogen) atoms. The van der Waals surface area contributed by atoms with Gasteiger partial charge < -0.3 is 5.32 Å². The highest BCUT2D eigenvalue weighted by Crippen LogP contribution is 2.11. The van der Waals surface area contributed by atoms with Crippen molar-refractivity contribution in [2.45, 2.75) is 33.2 Å². The van der Waals surface area contributed by atoms with Gasteiger partial charge in [0.05, 0.1) is 6.04 Å². The molecule has 0 bridgehead atoms. The summed E-state index contributed by atoms with van der Waals surface area (Å²) in [6, 6.07) is 3.89. The molecule has 0 aromatic carbocycles. The van der Waals surface area contributed by atoms with Crippen molar-refractivity contribution >= 4 is 5.91 Å². The maximum Gasteiger partial charge on any atom is 0.220 e. The molecule has 1 aromatic rings. The summed E-state index contributed by atoms with van der Waals surface area (Å²) < 4.78 is 0. The fourth-order valence-corrected chi connectivity index (χ4v) is 1.41. The van der Waals surface area contributed by atoms with E-state index in [1.54, 1.807) is 12.4 Å². The van der Waals surface area contributed by atoms with Gasteiger partial charge in [-0.3, -0.25) is 9.78 Å². The molecule has 82 valence electrons. The summed E-state index contributed by atoms with van der Waals surface area (Å²) in [6.45, 7) is 6.06. The van der Waals surface area contributed by atoms with Gasteiger partial charge in [0.2, 0.25) is 5.91 Å². The van der Waals surface area contributed by atoms with E-state index in [4.69, 9.17) is 0 Å². The van der Waals surface area contributed by atoms with E-state index in [0.717, 1.165) is 5.56 Å². The zero-order valence-corrected chi connectivity index (χ0v) is 9.53. The Balaban J connectivity index is 2.49. The highest BCUT2D eigenvalue weighted by Gasteiger charge is 2.10. The number of carbonyl (C=O) groups excluding carboxylic acids is 1. The molecule has 0 spiro atoms. The van der Waals surface area contributed by atoms with E-state index in [0.29, 0.717) is 12.3 Å². The third-order valence-corrected chi connectivity index (χ3v) is 2.18. The maximum absolute atomic E-state index is 11.5. The van der Waals surface area contributed by atoms with Crippen LogP contribution in [0.2, 0.25) is 0 Å². The predicted molar refractivity (Wildman–Crippen MR) is 60.2 cm³/mol. The van der Waals surface area contributed by atoms with Gasteiger partial charge in [0.15, 0.2) is 0 Å². The summed E-state index contributed by atoms with van der Waals surface area (Å²) in [6.07, 6.45) is 4.05. The van der Waals surface area contributed by atoms with Crippen LogP contribution in [0, 0.1) is 5.92 Å². The minimum atomic E-state index is 0.0549. The number of aromatic nitrogens is 1. The van der Waals surface area contributed by atoms with Crippen molar-refractivity contribution in [3.8, 4) is 0 Å². The molecule has 1 N–H and O–H groups in total. The molecule has 0 saturated carbocycles. The lowest BCUT2D eigenvalue weighted by Gasteiger charge is -2.14. The second-order valence-corrected chi connectivity index (χ2v) is 4.17. The minimum absolute atomic E-state index is 0.0549. The fraction of sp³-hybridized carbons (Fsp3) is 0.500. The maximum atomic E-state index is 11.5. The number of rotatable bonds is 4. The van der Waals surface area contributed by atoms with Crippen molar-refractivity contribution in [2.75, 3.05) is 0 Å². The number of carbonyl (C=O) groups is 1. The first-order chi connectivity index (χ1) is 7.09. The topological polar surface area (TPSA) is 42.0 Å². The van der Waals surface area contributed by atoms with Gasteiger partial charge in [-0.25, -0.2) is 0 Å². The minimum Gasteiger partial charge on any atom is -0.350 e. The van der Waals surface area contributed by atoms with Crippen LogP contribution in [0.4, 0.5) is 0 Å². The molecule has 0 aliphatic heterocycles. The third-order valence-electron chi connectivity index (χ3n) is 2.18. The molecule has 3 nitrogen and oxygen atoms in total. The van der Waals surface area contributed by atoms with E-state index in [-0.39, 0.29) is 11.9 Å². The molecule has 1 heterocycles. The number of pyridine rings is 1. The summed E-state index contributed by atoms with van der Waals surface area (Å²) >= 11 is 0. The largest absolute Gasteiger partial charge is 0.350 e. The SMILES string of the molecule is CC(C)CC(=O)N[C@H](C)c1ccncc1. The lowest BCUT2D eigenvalue weighted by molar-refractivity contribution is -0.122. The summed E-state index contributed by atoms with van der Waals surface area (Å²) in [5.41, 5.74) is 1.09. The van der Waals surface area contributed by atoms with Crippen LogP contribution >= 0.6 is 0 Å². The zero-order valence-electron chi connectivity index (χ0n) is 9.53. The molecule has 0 fully saturated rings. The van der Waals surface area contributed by atoms with Crippen molar-refractivity contribution in [1.82, 2.24) is 10.3 Å². The first-order valence-corrected chi connectivity index (χ1v) is 5.29. The van der Waals surface area contributed by atoms with Crippen molar-refractivity contribution in [3.63, 3.8) is 0 Å². The molecule has 1 rings (SSSR count). The molecule has 0 unspecified atom stereocenters. The standard InChI is InChI=1S/C12H18N2O/c1-9(2)8-12(15)14-10(3)11-4-6-13-7-5-11/h4-7,9-10H,8H2,1-3H3,(H,14,15)/t10-/m1/s1. The van der Waals surface area contributed by atoms with Crippen LogP contribution in [0.25, 0.3) is 0 Å². The summed E-state index contributed by atoms with van der Waals surface area (Å²) in [7, 11) is 0. The number of nitrogens with one attached hydrogen (secondary N) is 1. The van der Waals surface area contributed by atoms with Crippen molar-refractivity contribution in [2.24, 2.45) is 5.92 Å². The van der Waals surface area contributed by atoms with Crippen molar-refractivity contribution in [1.29, 1.82) is 0 Å². The molecule has 3 heteroatoms. The van der Waals surface area contributed by atoms with Gasteiger partial charge in [0, 0.05) is 18.8 Å². The highest BCUT2D eigenvalue weighted by molar-refractivity contribution is 5.76. The number of amides is 1. The molecule has 1 amide bonds. The lowest BCUT2D eigenvalue weighted by atomic mass is 10.1. The number of nitrogens with zero attached hydrogens (tertiary/aromatic N) is 1. The zero-order chi connectivity index (χ0) is 11.3. The first kappa shape index (κ1) is 11.7. The van der Waals surface area contributed by atoms with Gasteiger partial charge in [0.25, 0.3) is 0 Å². The van der Waals surface area contributed by atoms with Crippen molar-refractivity contribution < 1.29 is 4.79 Å². The Hall–Kier alpha value is -1.38. The Morgan fingerprint density at radius 3 is 2.47 bits per heavy atom. The Kier molecular flexibility index (Phi) is 4.28. The molecule has 0 aliphatic carbocycles. The first-order valence-electron chi connectivity index (χ1n) is 5.29. The van der Waals surface area contributed by atoms with Crippen LogP contribution in [-0.2, 0) is 4.79 Å². The van der Waals surface area contributed by atoms with Gasteiger partial charge in [-0.1, -0.05) is 13.8 Å². The van der Waals surface area contributed by atoms with E-state index in [1.165, 1.54) is 0 Å². The summed E-state index contributed by atoms with van der Waals surface area (Å²) in [4.78, 5) is 15.5. The van der Waals surface area contributed by atoms with E-state index in [2.05, 4.69) is 10.3 Å². The Morgan fingerprint density at radius 2 is 1.93 bits per heavy atom. The fourth-order valence-electron chi connectivity index (χ4n) is 1.41. The number of hydrogen-bond acceptors (Lipinski definition) is 2. The van der Waals surface area contributed by atoms with Gasteiger partial charge in [-0.15, -0.1) is 0 Å².